The smallest absolute Gasteiger partial charge is 0.127 e. The van der Waals surface area contributed by atoms with E-state index in [9.17, 15) is 0 Å². The molecule has 2 aliphatic heterocycles. The Labute approximate surface area is 66.7 Å². The minimum atomic E-state index is 0.341. The Hall–Kier alpha value is -0.480. The zero-order valence-corrected chi connectivity index (χ0v) is 6.82. The summed E-state index contributed by atoms with van der Waals surface area (Å²) in [4.78, 5) is 2.32. The first-order chi connectivity index (χ1) is 5.42. The van der Waals surface area contributed by atoms with Gasteiger partial charge in [0.05, 0.1) is 6.67 Å². The number of azo groups is 1. The van der Waals surface area contributed by atoms with Gasteiger partial charge in [0, 0.05) is 0 Å². The summed E-state index contributed by atoms with van der Waals surface area (Å²) in [6, 6.07) is 0. The molecule has 1 fully saturated rings. The standard InChI is InChI=1S/C7H14N4/c1-2-6-9-10-7-3-4-8-5-11(6)7/h6-8H,2-5H2,1H3. The minimum Gasteiger partial charge on any atom is -0.304 e. The van der Waals surface area contributed by atoms with Gasteiger partial charge < -0.3 is 5.32 Å². The third kappa shape index (κ3) is 1.16. The second-order valence-corrected chi connectivity index (χ2v) is 3.06. The first-order valence-corrected chi connectivity index (χ1v) is 4.28. The molecule has 0 spiro atoms. The highest BCUT2D eigenvalue weighted by Gasteiger charge is 2.31. The lowest BCUT2D eigenvalue weighted by molar-refractivity contribution is 0.127. The van der Waals surface area contributed by atoms with Crippen molar-refractivity contribution in [1.29, 1.82) is 0 Å². The molecule has 4 heteroatoms. The van der Waals surface area contributed by atoms with E-state index in [1.807, 2.05) is 0 Å². The van der Waals surface area contributed by atoms with Gasteiger partial charge in [0.2, 0.25) is 0 Å². The number of nitrogens with zero attached hydrogens (tertiary/aromatic N) is 3. The topological polar surface area (TPSA) is 40.0 Å². The van der Waals surface area contributed by atoms with Gasteiger partial charge in [-0.05, 0) is 19.4 Å². The molecule has 1 saturated heterocycles. The Kier molecular flexibility index (Phi) is 1.87. The maximum absolute atomic E-state index is 4.22. The van der Waals surface area contributed by atoms with Crippen LogP contribution in [-0.4, -0.2) is 30.4 Å². The van der Waals surface area contributed by atoms with Crippen molar-refractivity contribution in [3.63, 3.8) is 0 Å². The van der Waals surface area contributed by atoms with Crippen molar-refractivity contribution in [2.24, 2.45) is 10.2 Å². The first-order valence-electron chi connectivity index (χ1n) is 4.28. The van der Waals surface area contributed by atoms with Gasteiger partial charge in [-0.1, -0.05) is 6.92 Å². The Morgan fingerprint density at radius 3 is 3.27 bits per heavy atom. The molecule has 0 aromatic heterocycles. The summed E-state index contributed by atoms with van der Waals surface area (Å²) in [6.45, 7) is 4.19. The van der Waals surface area contributed by atoms with Crippen LogP contribution >= 0.6 is 0 Å². The van der Waals surface area contributed by atoms with Crippen LogP contribution in [0.1, 0.15) is 19.8 Å². The molecule has 1 N–H and O–H groups in total. The van der Waals surface area contributed by atoms with Gasteiger partial charge in [-0.2, -0.15) is 10.2 Å². The van der Waals surface area contributed by atoms with Crippen LogP contribution in [0, 0.1) is 0 Å². The molecule has 0 aromatic rings. The van der Waals surface area contributed by atoms with E-state index in [1.165, 1.54) is 0 Å². The van der Waals surface area contributed by atoms with Crippen LogP contribution in [0.4, 0.5) is 0 Å². The minimum absolute atomic E-state index is 0.341. The molecule has 0 bridgehead atoms. The highest BCUT2D eigenvalue weighted by molar-refractivity contribution is 4.82. The van der Waals surface area contributed by atoms with Gasteiger partial charge in [-0.3, -0.25) is 0 Å². The molecule has 0 aliphatic carbocycles. The lowest BCUT2D eigenvalue weighted by Gasteiger charge is -2.30. The number of hydrogen-bond donors (Lipinski definition) is 1. The average Bonchev–Trinajstić information content (AvgIpc) is 2.47. The van der Waals surface area contributed by atoms with Gasteiger partial charge >= 0.3 is 0 Å². The predicted octanol–water partition coefficient (Wildman–Crippen LogP) is 0.767. The average molecular weight is 154 g/mol. The molecule has 0 radical (unpaired) electrons. The summed E-state index contributed by atoms with van der Waals surface area (Å²) in [7, 11) is 0. The normalized spacial score (nSPS) is 37.5. The van der Waals surface area contributed by atoms with E-state index in [1.54, 1.807) is 0 Å². The van der Waals surface area contributed by atoms with Crippen molar-refractivity contribution in [3.05, 3.63) is 0 Å². The zero-order chi connectivity index (χ0) is 7.68. The van der Waals surface area contributed by atoms with Crippen LogP contribution < -0.4 is 5.32 Å². The largest absolute Gasteiger partial charge is 0.304 e. The lowest BCUT2D eigenvalue weighted by atomic mass is 10.2. The molecular weight excluding hydrogens is 140 g/mol. The van der Waals surface area contributed by atoms with E-state index in [4.69, 9.17) is 0 Å². The highest BCUT2D eigenvalue weighted by atomic mass is 15.5. The molecule has 62 valence electrons. The van der Waals surface area contributed by atoms with Gasteiger partial charge in [0.1, 0.15) is 12.3 Å². The maximum Gasteiger partial charge on any atom is 0.127 e. The highest BCUT2D eigenvalue weighted by Crippen LogP contribution is 2.22. The number of rotatable bonds is 1. The Bertz CT molecular complexity index is 160. The van der Waals surface area contributed by atoms with Crippen molar-refractivity contribution in [3.8, 4) is 0 Å². The molecule has 4 nitrogen and oxygen atoms in total. The van der Waals surface area contributed by atoms with Crippen molar-refractivity contribution < 1.29 is 0 Å². The van der Waals surface area contributed by atoms with E-state index >= 15 is 0 Å². The molecule has 2 unspecified atom stereocenters. The molecule has 0 aromatic carbocycles. The molecule has 2 atom stereocenters. The van der Waals surface area contributed by atoms with Crippen molar-refractivity contribution >= 4 is 0 Å². The second kappa shape index (κ2) is 2.87. The van der Waals surface area contributed by atoms with Crippen LogP contribution in [0.2, 0.25) is 0 Å². The fraction of sp³-hybridized carbons (Fsp3) is 1.00. The molecular formula is C7H14N4. The Morgan fingerprint density at radius 2 is 2.45 bits per heavy atom. The fourth-order valence-corrected chi connectivity index (χ4v) is 1.67. The SMILES string of the molecule is CCC1N=NC2CCNCN12. The Morgan fingerprint density at radius 1 is 1.55 bits per heavy atom. The summed E-state index contributed by atoms with van der Waals surface area (Å²) in [5.74, 6) is 0. The van der Waals surface area contributed by atoms with Crippen molar-refractivity contribution in [2.45, 2.75) is 32.1 Å². The van der Waals surface area contributed by atoms with Crippen LogP contribution in [0.25, 0.3) is 0 Å². The van der Waals surface area contributed by atoms with E-state index in [2.05, 4.69) is 27.4 Å². The maximum atomic E-state index is 4.22. The number of fused-ring (bicyclic) bond motifs is 1. The Balaban J connectivity index is 2.03. The van der Waals surface area contributed by atoms with Crippen LogP contribution in [-0.2, 0) is 0 Å². The lowest BCUT2D eigenvalue weighted by Crippen LogP contribution is -2.48. The van der Waals surface area contributed by atoms with Crippen LogP contribution in [0.3, 0.4) is 0 Å². The number of nitrogens with one attached hydrogen (secondary N) is 1. The molecule has 0 saturated carbocycles. The van der Waals surface area contributed by atoms with Crippen LogP contribution in [0.5, 0.6) is 0 Å². The molecule has 2 aliphatic rings. The quantitative estimate of drug-likeness (QED) is 0.606. The van der Waals surface area contributed by atoms with Crippen molar-refractivity contribution in [1.82, 2.24) is 10.2 Å². The van der Waals surface area contributed by atoms with E-state index < -0.39 is 0 Å². The summed E-state index contributed by atoms with van der Waals surface area (Å²) >= 11 is 0. The van der Waals surface area contributed by atoms with E-state index in [0.29, 0.717) is 12.3 Å². The zero-order valence-electron chi connectivity index (χ0n) is 6.82. The van der Waals surface area contributed by atoms with Gasteiger partial charge in [-0.25, -0.2) is 4.90 Å². The summed E-state index contributed by atoms with van der Waals surface area (Å²) in [5.41, 5.74) is 0. The van der Waals surface area contributed by atoms with Gasteiger partial charge in [0.25, 0.3) is 0 Å². The second-order valence-electron chi connectivity index (χ2n) is 3.06. The molecule has 2 rings (SSSR count). The number of hydrogen-bond acceptors (Lipinski definition) is 4. The van der Waals surface area contributed by atoms with E-state index in [0.717, 1.165) is 26.1 Å². The summed E-state index contributed by atoms with van der Waals surface area (Å²) in [5, 5.41) is 11.8. The molecule has 0 amide bonds. The van der Waals surface area contributed by atoms with Gasteiger partial charge in [-0.15, -0.1) is 0 Å². The summed E-state index contributed by atoms with van der Waals surface area (Å²) in [6.07, 6.45) is 2.90. The van der Waals surface area contributed by atoms with Crippen molar-refractivity contribution in [2.75, 3.05) is 13.2 Å². The third-order valence-corrected chi connectivity index (χ3v) is 2.34. The molecule has 2 heterocycles. The monoisotopic (exact) mass is 154 g/mol. The van der Waals surface area contributed by atoms with Crippen LogP contribution in [0.15, 0.2) is 10.2 Å². The van der Waals surface area contributed by atoms with Gasteiger partial charge in [0.15, 0.2) is 0 Å². The van der Waals surface area contributed by atoms with E-state index in [-0.39, 0.29) is 0 Å². The third-order valence-electron chi connectivity index (χ3n) is 2.34. The predicted molar refractivity (Wildman–Crippen MR) is 42.0 cm³/mol. The first kappa shape index (κ1) is 7.18. The molecule has 11 heavy (non-hydrogen) atoms. The fourth-order valence-electron chi connectivity index (χ4n) is 1.67. The summed E-state index contributed by atoms with van der Waals surface area (Å²) < 4.78 is 0.